The zero-order chi connectivity index (χ0) is 18.5. The van der Waals surface area contributed by atoms with E-state index in [1.807, 2.05) is 24.4 Å². The summed E-state index contributed by atoms with van der Waals surface area (Å²) in [5, 5.41) is 7.99. The quantitative estimate of drug-likeness (QED) is 0.682. The van der Waals surface area contributed by atoms with Crippen molar-refractivity contribution in [2.75, 3.05) is 17.2 Å². The predicted octanol–water partition coefficient (Wildman–Crippen LogP) is 4.10. The van der Waals surface area contributed by atoms with Crippen LogP contribution < -0.4 is 10.6 Å². The van der Waals surface area contributed by atoms with Gasteiger partial charge in [-0.25, -0.2) is 18.7 Å². The number of thiazole rings is 1. The smallest absolute Gasteiger partial charge is 0.230 e. The number of amides is 1. The fraction of sp³-hybridized carbons (Fsp3) is 0.167. The lowest BCUT2D eigenvalue weighted by Crippen LogP contribution is -2.15. The van der Waals surface area contributed by atoms with Crippen LogP contribution in [0.4, 0.5) is 19.7 Å². The molecule has 2 heterocycles. The second-order valence-corrected chi connectivity index (χ2v) is 6.32. The van der Waals surface area contributed by atoms with Crippen LogP contribution in [0, 0.1) is 11.6 Å². The molecule has 0 saturated heterocycles. The maximum atomic E-state index is 13.6. The lowest BCUT2D eigenvalue weighted by atomic mass is 10.1. The Morgan fingerprint density at radius 2 is 2.08 bits per heavy atom. The normalized spacial score (nSPS) is 10.6. The van der Waals surface area contributed by atoms with E-state index in [4.69, 9.17) is 0 Å². The molecule has 0 fully saturated rings. The summed E-state index contributed by atoms with van der Waals surface area (Å²) in [4.78, 5) is 20.7. The van der Waals surface area contributed by atoms with E-state index in [1.54, 1.807) is 6.20 Å². The largest absolute Gasteiger partial charge is 0.370 e. The van der Waals surface area contributed by atoms with Gasteiger partial charge in [-0.1, -0.05) is 6.07 Å². The van der Waals surface area contributed by atoms with E-state index >= 15 is 0 Å². The molecule has 0 saturated carbocycles. The van der Waals surface area contributed by atoms with Gasteiger partial charge in [0.05, 0.1) is 12.1 Å². The summed E-state index contributed by atoms with van der Waals surface area (Å²) in [6.45, 7) is 2.74. The molecule has 3 aromatic rings. The molecule has 0 aliphatic carbocycles. The van der Waals surface area contributed by atoms with E-state index in [2.05, 4.69) is 20.6 Å². The Morgan fingerprint density at radius 1 is 1.23 bits per heavy atom. The highest BCUT2D eigenvalue weighted by atomic mass is 32.1. The van der Waals surface area contributed by atoms with Gasteiger partial charge < -0.3 is 10.6 Å². The van der Waals surface area contributed by atoms with Crippen molar-refractivity contribution in [1.29, 1.82) is 0 Å². The minimum atomic E-state index is -0.743. The first-order chi connectivity index (χ1) is 12.5. The van der Waals surface area contributed by atoms with Crippen molar-refractivity contribution < 1.29 is 13.6 Å². The zero-order valence-electron chi connectivity index (χ0n) is 13.9. The van der Waals surface area contributed by atoms with E-state index in [-0.39, 0.29) is 12.0 Å². The molecule has 0 spiro atoms. The lowest BCUT2D eigenvalue weighted by molar-refractivity contribution is -0.115. The average molecular weight is 374 g/mol. The van der Waals surface area contributed by atoms with Gasteiger partial charge in [0.2, 0.25) is 5.91 Å². The summed E-state index contributed by atoms with van der Waals surface area (Å²) in [6.07, 6.45) is 1.49. The molecular weight excluding hydrogens is 358 g/mol. The van der Waals surface area contributed by atoms with Crippen LogP contribution in [-0.4, -0.2) is 22.4 Å². The van der Waals surface area contributed by atoms with Crippen LogP contribution >= 0.6 is 11.3 Å². The highest BCUT2D eigenvalue weighted by Gasteiger charge is 2.12. The Hall–Kier alpha value is -2.87. The summed E-state index contributed by atoms with van der Waals surface area (Å²) in [6, 6.07) is 6.85. The van der Waals surface area contributed by atoms with Crippen molar-refractivity contribution in [3.8, 4) is 11.3 Å². The second kappa shape index (κ2) is 8.01. The molecule has 1 aromatic carbocycles. The number of nitrogens with zero attached hydrogens (tertiary/aromatic N) is 2. The van der Waals surface area contributed by atoms with Gasteiger partial charge in [0.25, 0.3) is 0 Å². The fourth-order valence-corrected chi connectivity index (χ4v) is 3.07. The van der Waals surface area contributed by atoms with E-state index in [9.17, 15) is 13.6 Å². The van der Waals surface area contributed by atoms with Crippen molar-refractivity contribution in [2.24, 2.45) is 0 Å². The first kappa shape index (κ1) is 17.9. The minimum Gasteiger partial charge on any atom is -0.370 e. The van der Waals surface area contributed by atoms with Crippen molar-refractivity contribution in [1.82, 2.24) is 9.97 Å². The lowest BCUT2D eigenvalue weighted by Gasteiger charge is -2.04. The van der Waals surface area contributed by atoms with Crippen molar-refractivity contribution in [3.05, 3.63) is 59.1 Å². The zero-order valence-corrected chi connectivity index (χ0v) is 14.7. The SMILES string of the molecule is CCNc1cc(-c2csc(NC(=O)Cc3ccc(F)cc3F)n2)ccn1. The van der Waals surface area contributed by atoms with Gasteiger partial charge in [-0.3, -0.25) is 4.79 Å². The second-order valence-electron chi connectivity index (χ2n) is 5.46. The van der Waals surface area contributed by atoms with E-state index in [0.717, 1.165) is 30.1 Å². The number of hydrogen-bond acceptors (Lipinski definition) is 5. The third kappa shape index (κ3) is 4.40. The van der Waals surface area contributed by atoms with Gasteiger partial charge >= 0.3 is 0 Å². The third-order valence-electron chi connectivity index (χ3n) is 3.53. The molecule has 2 aromatic heterocycles. The summed E-state index contributed by atoms with van der Waals surface area (Å²) in [7, 11) is 0. The first-order valence-electron chi connectivity index (χ1n) is 7.94. The van der Waals surface area contributed by atoms with Crippen LogP contribution in [-0.2, 0) is 11.2 Å². The van der Waals surface area contributed by atoms with E-state index < -0.39 is 17.5 Å². The van der Waals surface area contributed by atoms with Gasteiger partial charge in [0, 0.05) is 29.8 Å². The van der Waals surface area contributed by atoms with Gasteiger partial charge in [0.15, 0.2) is 5.13 Å². The number of nitrogens with one attached hydrogen (secondary N) is 2. The maximum Gasteiger partial charge on any atom is 0.230 e. The Morgan fingerprint density at radius 3 is 2.85 bits per heavy atom. The summed E-state index contributed by atoms with van der Waals surface area (Å²) in [5.74, 6) is -1.09. The van der Waals surface area contributed by atoms with E-state index in [1.165, 1.54) is 17.4 Å². The summed E-state index contributed by atoms with van der Waals surface area (Å²) >= 11 is 1.27. The first-order valence-corrected chi connectivity index (χ1v) is 8.82. The molecule has 26 heavy (non-hydrogen) atoms. The standard InChI is InChI=1S/C18H16F2N4OS/c1-2-21-16-7-12(5-6-22-16)15-10-26-18(23-15)24-17(25)8-11-3-4-13(19)9-14(11)20/h3-7,9-10H,2,8H2,1H3,(H,21,22)(H,23,24,25). The minimum absolute atomic E-state index is 0.130. The molecular formula is C18H16F2N4OS. The Kier molecular flexibility index (Phi) is 5.52. The molecule has 2 N–H and O–H groups in total. The van der Waals surface area contributed by atoms with Crippen LogP contribution in [0.1, 0.15) is 12.5 Å². The predicted molar refractivity (Wildman–Crippen MR) is 98.2 cm³/mol. The average Bonchev–Trinajstić information content (AvgIpc) is 3.06. The molecule has 0 aliphatic rings. The number of benzene rings is 1. The molecule has 134 valence electrons. The van der Waals surface area contributed by atoms with Gasteiger partial charge in [-0.05, 0) is 30.7 Å². The molecule has 0 radical (unpaired) electrons. The summed E-state index contributed by atoms with van der Waals surface area (Å²) in [5.41, 5.74) is 1.71. The van der Waals surface area contributed by atoms with Gasteiger partial charge in [0.1, 0.15) is 17.5 Å². The number of anilines is 2. The van der Waals surface area contributed by atoms with Gasteiger partial charge in [-0.2, -0.15) is 0 Å². The number of halogens is 2. The van der Waals surface area contributed by atoms with Crippen molar-refractivity contribution in [3.63, 3.8) is 0 Å². The van der Waals surface area contributed by atoms with Crippen LogP contribution in [0.2, 0.25) is 0 Å². The fourth-order valence-electron chi connectivity index (χ4n) is 2.33. The Labute approximate surface area is 153 Å². The number of pyridine rings is 1. The monoisotopic (exact) mass is 374 g/mol. The van der Waals surface area contributed by atoms with E-state index in [0.29, 0.717) is 10.8 Å². The molecule has 0 bridgehead atoms. The van der Waals surface area contributed by atoms with Crippen LogP contribution in [0.3, 0.4) is 0 Å². The molecule has 0 unspecified atom stereocenters. The third-order valence-corrected chi connectivity index (χ3v) is 4.29. The molecule has 3 rings (SSSR count). The molecule has 8 heteroatoms. The number of rotatable bonds is 6. The number of carbonyl (C=O) groups excluding carboxylic acids is 1. The molecule has 1 amide bonds. The topological polar surface area (TPSA) is 66.9 Å². The molecule has 0 atom stereocenters. The van der Waals surface area contributed by atoms with Crippen molar-refractivity contribution >= 4 is 28.2 Å². The molecule has 0 aliphatic heterocycles. The van der Waals surface area contributed by atoms with Crippen LogP contribution in [0.15, 0.2) is 41.9 Å². The highest BCUT2D eigenvalue weighted by Crippen LogP contribution is 2.26. The van der Waals surface area contributed by atoms with Crippen LogP contribution in [0.25, 0.3) is 11.3 Å². The maximum absolute atomic E-state index is 13.6. The number of carbonyl (C=O) groups is 1. The van der Waals surface area contributed by atoms with Gasteiger partial charge in [-0.15, -0.1) is 11.3 Å². The Bertz CT molecular complexity index is 929. The summed E-state index contributed by atoms with van der Waals surface area (Å²) < 4.78 is 26.5. The number of aromatic nitrogens is 2. The molecule has 5 nitrogen and oxygen atoms in total. The Balaban J connectivity index is 1.68. The van der Waals surface area contributed by atoms with Crippen LogP contribution in [0.5, 0.6) is 0 Å². The number of hydrogen-bond donors (Lipinski definition) is 2. The van der Waals surface area contributed by atoms with Crippen molar-refractivity contribution in [2.45, 2.75) is 13.3 Å². The highest BCUT2D eigenvalue weighted by molar-refractivity contribution is 7.14.